The molecule has 2 aromatic carbocycles. The van der Waals surface area contributed by atoms with Crippen LogP contribution in [0, 0.1) is 0 Å². The second-order valence-electron chi connectivity index (χ2n) is 5.46. The van der Waals surface area contributed by atoms with Crippen molar-refractivity contribution >= 4 is 27.3 Å². The van der Waals surface area contributed by atoms with E-state index in [4.69, 9.17) is 0 Å². The molecule has 0 saturated carbocycles. The summed E-state index contributed by atoms with van der Waals surface area (Å²) in [6.45, 7) is 0.776. The van der Waals surface area contributed by atoms with Gasteiger partial charge in [-0.2, -0.15) is 0 Å². The summed E-state index contributed by atoms with van der Waals surface area (Å²) in [5.74, 6) is 0.116. The monoisotopic (exact) mass is 309 g/mol. The van der Waals surface area contributed by atoms with Crippen LogP contribution in [0.4, 0.5) is 0 Å². The molecule has 0 bridgehead atoms. The summed E-state index contributed by atoms with van der Waals surface area (Å²) in [6.07, 6.45) is 1.98. The van der Waals surface area contributed by atoms with Gasteiger partial charge in [-0.1, -0.05) is 48.5 Å². The van der Waals surface area contributed by atoms with E-state index in [9.17, 15) is 4.79 Å². The minimum atomic E-state index is 0.116. The highest BCUT2D eigenvalue weighted by atomic mass is 32.1. The molecule has 3 heteroatoms. The predicted molar refractivity (Wildman–Crippen MR) is 93.5 cm³/mol. The summed E-state index contributed by atoms with van der Waals surface area (Å²) in [7, 11) is 1.89. The van der Waals surface area contributed by atoms with Gasteiger partial charge in [0.1, 0.15) is 0 Å². The fourth-order valence-corrected chi connectivity index (χ4v) is 3.55. The number of carbonyl (C=O) groups excluding carboxylic acids is 1. The van der Waals surface area contributed by atoms with Crippen molar-refractivity contribution in [3.05, 3.63) is 71.1 Å². The van der Waals surface area contributed by atoms with Gasteiger partial charge < -0.3 is 4.90 Å². The second kappa shape index (κ2) is 6.75. The molecule has 2 nitrogen and oxygen atoms in total. The number of rotatable bonds is 5. The van der Waals surface area contributed by atoms with E-state index in [1.807, 2.05) is 41.6 Å². The van der Waals surface area contributed by atoms with E-state index in [1.54, 1.807) is 11.3 Å². The molecule has 0 atom stereocenters. The Balaban J connectivity index is 1.62. The molecule has 0 radical (unpaired) electrons. The maximum atomic E-state index is 12.6. The molecule has 1 amide bonds. The summed E-state index contributed by atoms with van der Waals surface area (Å²) in [5.41, 5.74) is 2.15. The number of benzene rings is 2. The van der Waals surface area contributed by atoms with Crippen molar-refractivity contribution in [1.82, 2.24) is 4.90 Å². The van der Waals surface area contributed by atoms with Gasteiger partial charge in [-0.25, -0.2) is 0 Å². The summed E-state index contributed by atoms with van der Waals surface area (Å²) < 4.78 is 1.17. The van der Waals surface area contributed by atoms with E-state index in [-0.39, 0.29) is 5.91 Å². The van der Waals surface area contributed by atoms with Crippen molar-refractivity contribution in [2.24, 2.45) is 0 Å². The van der Waals surface area contributed by atoms with Crippen molar-refractivity contribution in [2.75, 3.05) is 13.6 Å². The number of hydrogen-bond donors (Lipinski definition) is 0. The number of hydrogen-bond acceptors (Lipinski definition) is 2. The Morgan fingerprint density at radius 1 is 1.05 bits per heavy atom. The maximum Gasteiger partial charge on any atom is 0.255 e. The molecule has 3 aromatic rings. The van der Waals surface area contributed by atoms with Crippen LogP contribution in [0.15, 0.2) is 60.0 Å². The van der Waals surface area contributed by atoms with E-state index in [1.165, 1.54) is 10.3 Å². The third-order valence-corrected chi connectivity index (χ3v) is 4.82. The fraction of sp³-hybridized carbons (Fsp3) is 0.211. The van der Waals surface area contributed by atoms with Crippen LogP contribution in [0.1, 0.15) is 22.3 Å². The van der Waals surface area contributed by atoms with Crippen molar-refractivity contribution in [1.29, 1.82) is 0 Å². The Bertz CT molecular complexity index is 763. The molecule has 0 N–H and O–H groups in total. The van der Waals surface area contributed by atoms with Gasteiger partial charge in [-0.15, -0.1) is 11.3 Å². The first kappa shape index (κ1) is 14.8. The smallest absolute Gasteiger partial charge is 0.255 e. The summed E-state index contributed by atoms with van der Waals surface area (Å²) in [5, 5.41) is 3.04. The van der Waals surface area contributed by atoms with E-state index in [0.29, 0.717) is 0 Å². The molecule has 0 aliphatic carbocycles. The molecule has 0 aliphatic rings. The molecule has 0 aliphatic heterocycles. The lowest BCUT2D eigenvalue weighted by Gasteiger charge is -2.16. The third kappa shape index (κ3) is 3.20. The van der Waals surface area contributed by atoms with Crippen molar-refractivity contribution in [3.63, 3.8) is 0 Å². The summed E-state index contributed by atoms with van der Waals surface area (Å²) >= 11 is 1.63. The van der Waals surface area contributed by atoms with Crippen LogP contribution < -0.4 is 0 Å². The quantitative estimate of drug-likeness (QED) is 0.674. The number of amides is 1. The van der Waals surface area contributed by atoms with E-state index >= 15 is 0 Å². The molecular formula is C19H19NOS. The molecule has 0 fully saturated rings. The van der Waals surface area contributed by atoms with Gasteiger partial charge >= 0.3 is 0 Å². The number of fused-ring (bicyclic) bond motifs is 1. The lowest BCUT2D eigenvalue weighted by atomic mass is 10.1. The molecule has 0 saturated heterocycles. The van der Waals surface area contributed by atoms with Crippen molar-refractivity contribution in [2.45, 2.75) is 12.8 Å². The van der Waals surface area contributed by atoms with E-state index in [2.05, 4.69) is 30.3 Å². The average Bonchev–Trinajstić information content (AvgIpc) is 2.99. The Labute approximate surface area is 135 Å². The van der Waals surface area contributed by atoms with Crippen LogP contribution in [-0.4, -0.2) is 24.4 Å². The summed E-state index contributed by atoms with van der Waals surface area (Å²) in [6, 6.07) is 18.5. The van der Waals surface area contributed by atoms with Gasteiger partial charge in [0.15, 0.2) is 0 Å². The first-order valence-corrected chi connectivity index (χ1v) is 8.39. The second-order valence-corrected chi connectivity index (χ2v) is 6.37. The topological polar surface area (TPSA) is 20.3 Å². The SMILES string of the molecule is CN(CCCc1ccccc1)C(=O)c1csc2ccccc12. The van der Waals surface area contributed by atoms with Gasteiger partial charge in [0, 0.05) is 29.1 Å². The standard InChI is InChI=1S/C19H19NOS/c1-20(13-7-10-15-8-3-2-4-9-15)19(21)17-14-22-18-12-6-5-11-16(17)18/h2-6,8-9,11-12,14H,7,10,13H2,1H3. The van der Waals surface area contributed by atoms with Crippen LogP contribution in [0.2, 0.25) is 0 Å². The molecular weight excluding hydrogens is 290 g/mol. The summed E-state index contributed by atoms with van der Waals surface area (Å²) in [4.78, 5) is 14.4. The first-order chi connectivity index (χ1) is 10.8. The first-order valence-electron chi connectivity index (χ1n) is 7.51. The van der Waals surface area contributed by atoms with Crippen molar-refractivity contribution < 1.29 is 4.79 Å². The van der Waals surface area contributed by atoms with Crippen molar-refractivity contribution in [3.8, 4) is 0 Å². The Morgan fingerprint density at radius 2 is 1.77 bits per heavy atom. The van der Waals surface area contributed by atoms with Gasteiger partial charge in [-0.3, -0.25) is 4.79 Å². The third-order valence-electron chi connectivity index (χ3n) is 3.86. The molecule has 112 valence electrons. The van der Waals surface area contributed by atoms with Crippen LogP contribution in [0.3, 0.4) is 0 Å². The zero-order chi connectivity index (χ0) is 15.4. The zero-order valence-corrected chi connectivity index (χ0v) is 13.5. The molecule has 1 aromatic heterocycles. The number of thiophene rings is 1. The van der Waals surface area contributed by atoms with Gasteiger partial charge in [0.2, 0.25) is 0 Å². The molecule has 1 heterocycles. The van der Waals surface area contributed by atoms with Crippen LogP contribution in [-0.2, 0) is 6.42 Å². The van der Waals surface area contributed by atoms with Crippen LogP contribution in [0.5, 0.6) is 0 Å². The lowest BCUT2D eigenvalue weighted by molar-refractivity contribution is 0.0796. The van der Waals surface area contributed by atoms with Gasteiger partial charge in [0.25, 0.3) is 5.91 Å². The number of aryl methyl sites for hydroxylation is 1. The molecule has 0 spiro atoms. The predicted octanol–water partition coefficient (Wildman–Crippen LogP) is 4.61. The largest absolute Gasteiger partial charge is 0.342 e. The van der Waals surface area contributed by atoms with Gasteiger partial charge in [-0.05, 0) is 24.5 Å². The Kier molecular flexibility index (Phi) is 4.54. The molecule has 22 heavy (non-hydrogen) atoms. The van der Waals surface area contributed by atoms with Crippen LogP contribution >= 0.6 is 11.3 Å². The van der Waals surface area contributed by atoms with Gasteiger partial charge in [0.05, 0.1) is 5.56 Å². The average molecular weight is 309 g/mol. The fourth-order valence-electron chi connectivity index (χ4n) is 2.62. The number of nitrogens with zero attached hydrogens (tertiary/aromatic N) is 1. The maximum absolute atomic E-state index is 12.6. The normalized spacial score (nSPS) is 10.8. The molecule has 3 rings (SSSR count). The minimum Gasteiger partial charge on any atom is -0.342 e. The minimum absolute atomic E-state index is 0.116. The highest BCUT2D eigenvalue weighted by Crippen LogP contribution is 2.26. The van der Waals surface area contributed by atoms with Crippen LogP contribution in [0.25, 0.3) is 10.1 Å². The lowest BCUT2D eigenvalue weighted by Crippen LogP contribution is -2.27. The Hall–Kier alpha value is -2.13. The van der Waals surface area contributed by atoms with E-state index < -0.39 is 0 Å². The molecule has 0 unspecified atom stereocenters. The highest BCUT2D eigenvalue weighted by molar-refractivity contribution is 7.17. The number of carbonyl (C=O) groups is 1. The van der Waals surface area contributed by atoms with E-state index in [0.717, 1.165) is 30.3 Å². The highest BCUT2D eigenvalue weighted by Gasteiger charge is 2.15. The zero-order valence-electron chi connectivity index (χ0n) is 12.7. The Morgan fingerprint density at radius 3 is 2.59 bits per heavy atom.